The van der Waals surface area contributed by atoms with E-state index in [9.17, 15) is 0 Å². The van der Waals surface area contributed by atoms with Gasteiger partial charge in [-0.1, -0.05) is 29.3 Å². The lowest BCUT2D eigenvalue weighted by molar-refractivity contribution is 0.792. The molecule has 27 heavy (non-hydrogen) atoms. The molecule has 0 radical (unpaired) electrons. The molecule has 0 fully saturated rings. The number of aliphatic imine (C=N–C) groups is 1. The molecule has 136 valence electrons. The van der Waals surface area contributed by atoms with Crippen LogP contribution in [0, 0.1) is 0 Å². The molecule has 3 nitrogen and oxygen atoms in total. The fraction of sp³-hybridized carbons (Fsp3) is 0.182. The highest BCUT2D eigenvalue weighted by molar-refractivity contribution is 6.42. The van der Waals surface area contributed by atoms with Gasteiger partial charge in [-0.3, -0.25) is 9.98 Å². The third-order valence-corrected chi connectivity index (χ3v) is 5.38. The lowest BCUT2D eigenvalue weighted by Gasteiger charge is -2.17. The fourth-order valence-corrected chi connectivity index (χ4v) is 3.64. The lowest BCUT2D eigenvalue weighted by Crippen LogP contribution is -2.12. The Kier molecular flexibility index (Phi) is 5.42. The van der Waals surface area contributed by atoms with Crippen molar-refractivity contribution in [1.29, 1.82) is 0 Å². The van der Waals surface area contributed by atoms with Crippen molar-refractivity contribution in [3.63, 3.8) is 0 Å². The van der Waals surface area contributed by atoms with Gasteiger partial charge in [0.25, 0.3) is 0 Å². The van der Waals surface area contributed by atoms with Crippen molar-refractivity contribution in [3.05, 3.63) is 93.5 Å². The van der Waals surface area contributed by atoms with Crippen molar-refractivity contribution in [3.8, 4) is 0 Å². The molecule has 0 bridgehead atoms. The molecule has 0 aliphatic carbocycles. The summed E-state index contributed by atoms with van der Waals surface area (Å²) in [4.78, 5) is 9.01. The molecule has 2 aromatic heterocycles. The Morgan fingerprint density at radius 3 is 2.81 bits per heavy atom. The number of pyridine rings is 1. The van der Waals surface area contributed by atoms with Crippen LogP contribution >= 0.6 is 23.2 Å². The predicted molar refractivity (Wildman–Crippen MR) is 113 cm³/mol. The first kappa shape index (κ1) is 18.0. The summed E-state index contributed by atoms with van der Waals surface area (Å²) in [6.07, 6.45) is 10.1. The minimum absolute atomic E-state index is 0.579. The molecule has 0 saturated carbocycles. The molecular weight excluding hydrogens is 377 g/mol. The van der Waals surface area contributed by atoms with Crippen LogP contribution in [0.5, 0.6) is 0 Å². The van der Waals surface area contributed by atoms with E-state index >= 15 is 0 Å². The first-order chi connectivity index (χ1) is 13.2. The van der Waals surface area contributed by atoms with Gasteiger partial charge in [-0.15, -0.1) is 0 Å². The quantitative estimate of drug-likeness (QED) is 0.540. The molecule has 0 N–H and O–H groups in total. The van der Waals surface area contributed by atoms with Gasteiger partial charge in [-0.25, -0.2) is 0 Å². The highest BCUT2D eigenvalue weighted by Crippen LogP contribution is 2.25. The van der Waals surface area contributed by atoms with Gasteiger partial charge >= 0.3 is 0 Å². The molecule has 1 aromatic carbocycles. The molecular formula is C22H19Cl2N3. The topological polar surface area (TPSA) is 30.2 Å². The van der Waals surface area contributed by atoms with Crippen molar-refractivity contribution in [2.24, 2.45) is 4.99 Å². The van der Waals surface area contributed by atoms with Gasteiger partial charge in [0.05, 0.1) is 15.8 Å². The van der Waals surface area contributed by atoms with Crippen LogP contribution in [-0.4, -0.2) is 21.8 Å². The Balaban J connectivity index is 1.64. The minimum Gasteiger partial charge on any atom is -0.344 e. The largest absolute Gasteiger partial charge is 0.344 e. The summed E-state index contributed by atoms with van der Waals surface area (Å²) in [7, 11) is 0. The number of nitrogens with zero attached hydrogens (tertiary/aromatic N) is 3. The summed E-state index contributed by atoms with van der Waals surface area (Å²) >= 11 is 12.2. The van der Waals surface area contributed by atoms with Gasteiger partial charge in [-0.05, 0) is 66.5 Å². The number of allylic oxidation sites excluding steroid dienone is 1. The summed E-state index contributed by atoms with van der Waals surface area (Å²) in [5.41, 5.74) is 5.64. The predicted octanol–water partition coefficient (Wildman–Crippen LogP) is 5.90. The van der Waals surface area contributed by atoms with Gasteiger partial charge in [0.15, 0.2) is 0 Å². The van der Waals surface area contributed by atoms with Crippen LogP contribution in [0.25, 0.3) is 6.08 Å². The van der Waals surface area contributed by atoms with Crippen LogP contribution in [0.3, 0.4) is 0 Å². The van der Waals surface area contributed by atoms with Crippen LogP contribution in [0.1, 0.15) is 29.7 Å². The fourth-order valence-electron chi connectivity index (χ4n) is 3.32. The molecule has 1 aliphatic rings. The number of hydrogen-bond donors (Lipinski definition) is 0. The molecule has 3 aromatic rings. The Hall–Kier alpha value is -2.36. The summed E-state index contributed by atoms with van der Waals surface area (Å²) in [6.45, 7) is 1.61. The smallest absolute Gasteiger partial charge is 0.0694 e. The maximum Gasteiger partial charge on any atom is 0.0694 e. The van der Waals surface area contributed by atoms with E-state index in [0.717, 1.165) is 48.5 Å². The average Bonchev–Trinajstić information content (AvgIpc) is 3.12. The highest BCUT2D eigenvalue weighted by atomic mass is 35.5. The van der Waals surface area contributed by atoms with E-state index in [0.29, 0.717) is 10.0 Å². The van der Waals surface area contributed by atoms with Crippen molar-refractivity contribution >= 4 is 35.0 Å². The average molecular weight is 396 g/mol. The van der Waals surface area contributed by atoms with Crippen molar-refractivity contribution < 1.29 is 0 Å². The van der Waals surface area contributed by atoms with E-state index in [1.807, 2.05) is 30.5 Å². The van der Waals surface area contributed by atoms with E-state index in [-0.39, 0.29) is 0 Å². The number of hydrogen-bond acceptors (Lipinski definition) is 2. The van der Waals surface area contributed by atoms with Crippen LogP contribution < -0.4 is 0 Å². The number of halogens is 2. The molecule has 0 atom stereocenters. The molecule has 0 unspecified atom stereocenters. The van der Waals surface area contributed by atoms with E-state index in [1.165, 1.54) is 5.57 Å². The standard InChI is InChI=1S/C22H19Cl2N3/c23-20-8-7-16(12-21(20)24)15-27-11-3-6-19(27)13-17-4-2-10-26-22(17)18-5-1-9-25-14-18/h1,3,5-9,11-14H,2,4,10,15H2. The summed E-state index contributed by atoms with van der Waals surface area (Å²) < 4.78 is 2.21. The number of benzene rings is 1. The Morgan fingerprint density at radius 2 is 2.00 bits per heavy atom. The van der Waals surface area contributed by atoms with Crippen molar-refractivity contribution in [2.75, 3.05) is 6.54 Å². The van der Waals surface area contributed by atoms with Gasteiger partial charge in [0.1, 0.15) is 0 Å². The number of rotatable bonds is 4. The maximum atomic E-state index is 6.16. The molecule has 0 spiro atoms. The first-order valence-electron chi connectivity index (χ1n) is 8.95. The molecule has 4 rings (SSSR count). The second kappa shape index (κ2) is 8.12. The summed E-state index contributed by atoms with van der Waals surface area (Å²) in [6, 6.07) is 14.0. The zero-order valence-electron chi connectivity index (χ0n) is 14.8. The van der Waals surface area contributed by atoms with Crippen LogP contribution in [0.15, 0.2) is 71.6 Å². The van der Waals surface area contributed by atoms with E-state index in [1.54, 1.807) is 6.20 Å². The van der Waals surface area contributed by atoms with Crippen LogP contribution in [0.4, 0.5) is 0 Å². The van der Waals surface area contributed by atoms with E-state index in [4.69, 9.17) is 28.2 Å². The normalized spacial score (nSPS) is 15.8. The first-order valence-corrected chi connectivity index (χ1v) is 9.71. The monoisotopic (exact) mass is 395 g/mol. The molecule has 0 saturated heterocycles. The molecule has 5 heteroatoms. The molecule has 1 aliphatic heterocycles. The molecule has 3 heterocycles. The van der Waals surface area contributed by atoms with Crippen LogP contribution in [0.2, 0.25) is 10.0 Å². The van der Waals surface area contributed by atoms with Crippen molar-refractivity contribution in [2.45, 2.75) is 19.4 Å². The minimum atomic E-state index is 0.579. The Bertz CT molecular complexity index is 1000. The lowest BCUT2D eigenvalue weighted by atomic mass is 9.96. The zero-order chi connectivity index (χ0) is 18.6. The SMILES string of the molecule is Clc1ccc(Cn2cccc2C=C2CCCN=C2c2cccnc2)cc1Cl. The Labute approximate surface area is 169 Å². The van der Waals surface area contributed by atoms with Gasteiger partial charge in [0.2, 0.25) is 0 Å². The van der Waals surface area contributed by atoms with E-state index < -0.39 is 0 Å². The Morgan fingerprint density at radius 1 is 1.07 bits per heavy atom. The third kappa shape index (κ3) is 4.15. The molecule has 0 amide bonds. The van der Waals surface area contributed by atoms with Gasteiger partial charge < -0.3 is 4.57 Å². The van der Waals surface area contributed by atoms with Gasteiger partial charge in [0, 0.05) is 42.9 Å². The maximum absolute atomic E-state index is 6.16. The zero-order valence-corrected chi connectivity index (χ0v) is 16.3. The van der Waals surface area contributed by atoms with Gasteiger partial charge in [-0.2, -0.15) is 0 Å². The highest BCUT2D eigenvalue weighted by Gasteiger charge is 2.15. The number of aromatic nitrogens is 2. The second-order valence-corrected chi connectivity index (χ2v) is 7.37. The van der Waals surface area contributed by atoms with E-state index in [2.05, 4.69) is 40.0 Å². The van der Waals surface area contributed by atoms with Crippen LogP contribution in [-0.2, 0) is 6.54 Å². The van der Waals surface area contributed by atoms with Crippen molar-refractivity contribution in [1.82, 2.24) is 9.55 Å². The summed E-state index contributed by atoms with van der Waals surface area (Å²) in [5, 5.41) is 1.16. The third-order valence-electron chi connectivity index (χ3n) is 4.64. The second-order valence-electron chi connectivity index (χ2n) is 6.55. The summed E-state index contributed by atoms with van der Waals surface area (Å²) in [5.74, 6) is 0.